The standard InChI is InChI=1S/C23H20O4P/c1-15-14-16(2)21(23(25)27-28(26)19-12-8-5-9-13-19)17(3)20(15)22(24)18-10-6-4-7-11-18/h4-14H,1-3H3/q+1. The van der Waals surface area contributed by atoms with Crippen LogP contribution in [0, 0.1) is 20.8 Å². The fourth-order valence-electron chi connectivity index (χ4n) is 3.31. The quantitative estimate of drug-likeness (QED) is 0.450. The summed E-state index contributed by atoms with van der Waals surface area (Å²) >= 11 is 0. The fourth-order valence-corrected chi connectivity index (χ4v) is 4.07. The molecule has 3 rings (SSSR count). The lowest BCUT2D eigenvalue weighted by atomic mass is 9.89. The van der Waals surface area contributed by atoms with Crippen LogP contribution in [0.4, 0.5) is 0 Å². The molecular weight excluding hydrogens is 371 g/mol. The van der Waals surface area contributed by atoms with Crippen molar-refractivity contribution in [3.63, 3.8) is 0 Å². The minimum Gasteiger partial charge on any atom is -0.289 e. The zero-order valence-electron chi connectivity index (χ0n) is 15.9. The molecule has 0 aliphatic heterocycles. The third-order valence-electron chi connectivity index (χ3n) is 4.57. The summed E-state index contributed by atoms with van der Waals surface area (Å²) in [5.74, 6) is -0.848. The lowest BCUT2D eigenvalue weighted by Crippen LogP contribution is -2.14. The van der Waals surface area contributed by atoms with E-state index in [1.54, 1.807) is 74.5 Å². The molecule has 4 nitrogen and oxygen atoms in total. The number of aryl methyl sites for hydroxylation is 2. The maximum Gasteiger partial charge on any atom is 0.600 e. The second-order valence-electron chi connectivity index (χ2n) is 6.55. The molecule has 0 bridgehead atoms. The van der Waals surface area contributed by atoms with Crippen molar-refractivity contribution in [2.75, 3.05) is 0 Å². The number of benzene rings is 3. The first-order valence-electron chi connectivity index (χ1n) is 8.85. The molecule has 0 N–H and O–H groups in total. The SMILES string of the molecule is Cc1cc(C)c(C(=O)c2ccccc2)c(C)c1C(=O)O[P+](=O)c1ccccc1. The van der Waals surface area contributed by atoms with Crippen molar-refractivity contribution in [1.82, 2.24) is 0 Å². The van der Waals surface area contributed by atoms with Crippen molar-refractivity contribution in [3.05, 3.63) is 100 Å². The van der Waals surface area contributed by atoms with Crippen molar-refractivity contribution in [2.24, 2.45) is 0 Å². The number of carbonyl (C=O) groups is 2. The van der Waals surface area contributed by atoms with Crippen molar-refractivity contribution in [2.45, 2.75) is 20.8 Å². The second-order valence-corrected chi connectivity index (χ2v) is 7.77. The van der Waals surface area contributed by atoms with Gasteiger partial charge in [-0.3, -0.25) is 4.79 Å². The van der Waals surface area contributed by atoms with E-state index in [4.69, 9.17) is 4.52 Å². The summed E-state index contributed by atoms with van der Waals surface area (Å²) in [6.45, 7) is 5.35. The van der Waals surface area contributed by atoms with Gasteiger partial charge in [-0.2, -0.15) is 0 Å². The molecule has 140 valence electrons. The first kappa shape index (κ1) is 19.7. The van der Waals surface area contributed by atoms with Crippen molar-refractivity contribution < 1.29 is 18.7 Å². The Balaban J connectivity index is 1.99. The van der Waals surface area contributed by atoms with E-state index < -0.39 is 14.0 Å². The molecule has 0 spiro atoms. The van der Waals surface area contributed by atoms with Crippen LogP contribution in [0.25, 0.3) is 0 Å². The first-order chi connectivity index (χ1) is 13.4. The number of rotatable bonds is 5. The molecule has 0 aliphatic rings. The Morgan fingerprint density at radius 2 is 1.32 bits per heavy atom. The molecule has 1 unspecified atom stereocenters. The highest BCUT2D eigenvalue weighted by Crippen LogP contribution is 2.29. The highest BCUT2D eigenvalue weighted by atomic mass is 31.1. The lowest BCUT2D eigenvalue weighted by molar-refractivity contribution is 0.0750. The third kappa shape index (κ3) is 3.92. The van der Waals surface area contributed by atoms with Gasteiger partial charge in [0, 0.05) is 11.1 Å². The van der Waals surface area contributed by atoms with E-state index >= 15 is 0 Å². The van der Waals surface area contributed by atoms with Crippen LogP contribution in [0.15, 0.2) is 66.7 Å². The van der Waals surface area contributed by atoms with Crippen LogP contribution in [0.1, 0.15) is 43.0 Å². The predicted molar refractivity (Wildman–Crippen MR) is 110 cm³/mol. The molecule has 0 saturated carbocycles. The van der Waals surface area contributed by atoms with Crippen LogP contribution >= 0.6 is 8.03 Å². The summed E-state index contributed by atoms with van der Waals surface area (Å²) in [7, 11) is -2.32. The Labute approximate surface area is 165 Å². The van der Waals surface area contributed by atoms with Gasteiger partial charge < -0.3 is 0 Å². The Bertz CT molecular complexity index is 1060. The normalized spacial score (nSPS) is 11.0. The highest BCUT2D eigenvalue weighted by molar-refractivity contribution is 7.49. The minimum atomic E-state index is -2.32. The summed E-state index contributed by atoms with van der Waals surface area (Å²) < 4.78 is 17.6. The summed E-state index contributed by atoms with van der Waals surface area (Å²) in [4.78, 5) is 25.8. The van der Waals surface area contributed by atoms with Crippen molar-refractivity contribution in [1.29, 1.82) is 0 Å². The molecule has 0 amide bonds. The second kappa shape index (κ2) is 8.28. The largest absolute Gasteiger partial charge is 0.600 e. The van der Waals surface area contributed by atoms with E-state index in [0.717, 1.165) is 5.56 Å². The van der Waals surface area contributed by atoms with Gasteiger partial charge in [0.2, 0.25) is 5.30 Å². The summed E-state index contributed by atoms with van der Waals surface area (Å²) in [6, 6.07) is 19.3. The van der Waals surface area contributed by atoms with E-state index in [2.05, 4.69) is 0 Å². The molecule has 3 aromatic rings. The monoisotopic (exact) mass is 391 g/mol. The van der Waals surface area contributed by atoms with E-state index in [9.17, 15) is 14.2 Å². The van der Waals surface area contributed by atoms with Crippen LogP contribution in [-0.2, 0) is 9.09 Å². The van der Waals surface area contributed by atoms with Gasteiger partial charge in [-0.15, -0.1) is 0 Å². The number of hydrogen-bond acceptors (Lipinski definition) is 4. The zero-order chi connectivity index (χ0) is 20.3. The lowest BCUT2D eigenvalue weighted by Gasteiger charge is -2.14. The summed E-state index contributed by atoms with van der Waals surface area (Å²) in [6.07, 6.45) is 0. The van der Waals surface area contributed by atoms with Crippen LogP contribution in [0.2, 0.25) is 0 Å². The smallest absolute Gasteiger partial charge is 0.289 e. The van der Waals surface area contributed by atoms with Crippen LogP contribution < -0.4 is 5.30 Å². The molecule has 5 heteroatoms. The van der Waals surface area contributed by atoms with Gasteiger partial charge in [0.05, 0.1) is 5.56 Å². The predicted octanol–water partition coefficient (Wildman–Crippen LogP) is 5.07. The van der Waals surface area contributed by atoms with E-state index in [1.165, 1.54) is 0 Å². The van der Waals surface area contributed by atoms with Crippen molar-refractivity contribution >= 4 is 25.1 Å². The summed E-state index contributed by atoms with van der Waals surface area (Å²) in [5.41, 5.74) is 3.30. The maximum absolute atomic E-state index is 13.0. The van der Waals surface area contributed by atoms with Gasteiger partial charge in [-0.1, -0.05) is 54.6 Å². The molecular formula is C23H20O4P+. The van der Waals surface area contributed by atoms with Gasteiger partial charge in [0.15, 0.2) is 5.78 Å². The van der Waals surface area contributed by atoms with Crippen LogP contribution in [0.3, 0.4) is 0 Å². The van der Waals surface area contributed by atoms with Gasteiger partial charge in [0.25, 0.3) is 0 Å². The number of ketones is 1. The minimum absolute atomic E-state index is 0.155. The van der Waals surface area contributed by atoms with Gasteiger partial charge >= 0.3 is 14.0 Å². The Morgan fingerprint density at radius 3 is 1.93 bits per heavy atom. The molecule has 0 radical (unpaired) electrons. The third-order valence-corrected chi connectivity index (χ3v) is 5.62. The molecule has 0 saturated heterocycles. The molecule has 1 atom stereocenters. The molecule has 0 heterocycles. The van der Waals surface area contributed by atoms with Gasteiger partial charge in [0.1, 0.15) is 0 Å². The van der Waals surface area contributed by atoms with Crippen molar-refractivity contribution in [3.8, 4) is 0 Å². The van der Waals surface area contributed by atoms with Gasteiger partial charge in [-0.05, 0) is 54.2 Å². The Hall–Kier alpha value is -3.10. The Morgan fingerprint density at radius 1 is 0.786 bits per heavy atom. The van der Waals surface area contributed by atoms with E-state index in [-0.39, 0.29) is 11.3 Å². The van der Waals surface area contributed by atoms with Gasteiger partial charge in [-0.25, -0.2) is 9.32 Å². The van der Waals surface area contributed by atoms with Crippen LogP contribution in [-0.4, -0.2) is 11.8 Å². The topological polar surface area (TPSA) is 60.4 Å². The average Bonchev–Trinajstić information content (AvgIpc) is 2.68. The number of hydrogen-bond donors (Lipinski definition) is 0. The molecule has 3 aromatic carbocycles. The Kier molecular flexibility index (Phi) is 5.81. The van der Waals surface area contributed by atoms with E-state index in [1.807, 2.05) is 13.0 Å². The average molecular weight is 391 g/mol. The maximum atomic E-state index is 13.0. The zero-order valence-corrected chi connectivity index (χ0v) is 16.8. The molecule has 0 aliphatic carbocycles. The molecule has 0 aromatic heterocycles. The molecule has 0 fully saturated rings. The number of carbonyl (C=O) groups excluding carboxylic acids is 2. The molecule has 28 heavy (non-hydrogen) atoms. The highest BCUT2D eigenvalue weighted by Gasteiger charge is 2.31. The fraction of sp³-hybridized carbons (Fsp3) is 0.130. The first-order valence-corrected chi connectivity index (χ1v) is 10.0. The van der Waals surface area contributed by atoms with Crippen LogP contribution in [0.5, 0.6) is 0 Å². The summed E-state index contributed by atoms with van der Waals surface area (Å²) in [5, 5.41) is 0.439. The van der Waals surface area contributed by atoms with E-state index in [0.29, 0.717) is 27.6 Å².